The first-order valence-corrected chi connectivity index (χ1v) is 11.1. The number of fused-ring (bicyclic) bond motifs is 2. The van der Waals surface area contributed by atoms with Crippen LogP contribution in [-0.2, 0) is 9.53 Å². The summed E-state index contributed by atoms with van der Waals surface area (Å²) in [4.78, 5) is 36.8. The fraction of sp³-hybridized carbons (Fsp3) is 0.250. The smallest absolute Gasteiger partial charge is 0.411 e. The molecular weight excluding hydrogens is 458 g/mol. The summed E-state index contributed by atoms with van der Waals surface area (Å²) in [5.41, 5.74) is 2.76. The Balaban J connectivity index is 1.58. The van der Waals surface area contributed by atoms with E-state index in [2.05, 4.69) is 31.5 Å². The Hall–Kier alpha value is -3.85. The predicted molar refractivity (Wildman–Crippen MR) is 129 cm³/mol. The molecule has 0 bridgehead atoms. The van der Waals surface area contributed by atoms with Crippen molar-refractivity contribution in [1.29, 1.82) is 0 Å². The van der Waals surface area contributed by atoms with E-state index >= 15 is 0 Å². The van der Waals surface area contributed by atoms with E-state index in [1.54, 1.807) is 17.0 Å². The molecule has 10 heteroatoms. The van der Waals surface area contributed by atoms with Crippen LogP contribution in [0.25, 0.3) is 22.0 Å². The summed E-state index contributed by atoms with van der Waals surface area (Å²) >= 11 is 6.90. The summed E-state index contributed by atoms with van der Waals surface area (Å²) in [6, 6.07) is 9.08. The van der Waals surface area contributed by atoms with Gasteiger partial charge in [-0.25, -0.2) is 14.8 Å². The number of benzene rings is 2. The Kier molecular flexibility index (Phi) is 5.70. The topological polar surface area (TPSA) is 96.9 Å². The number of methoxy groups -OCH3 is 1. The Labute approximate surface area is 200 Å². The van der Waals surface area contributed by atoms with Gasteiger partial charge in [0.2, 0.25) is 5.91 Å². The maximum atomic E-state index is 12.2. The van der Waals surface area contributed by atoms with E-state index < -0.39 is 6.09 Å². The summed E-state index contributed by atoms with van der Waals surface area (Å²) in [5.74, 6) is 1.14. The summed E-state index contributed by atoms with van der Waals surface area (Å²) in [6.07, 6.45) is 2.30. The molecule has 0 radical (unpaired) electrons. The van der Waals surface area contributed by atoms with Gasteiger partial charge < -0.3 is 19.3 Å². The minimum absolute atomic E-state index is 0.0877. The van der Waals surface area contributed by atoms with Gasteiger partial charge in [-0.3, -0.25) is 10.1 Å². The summed E-state index contributed by atoms with van der Waals surface area (Å²) in [5, 5.41) is 3.83. The zero-order valence-electron chi connectivity index (χ0n) is 18.5. The van der Waals surface area contributed by atoms with Gasteiger partial charge in [0.05, 0.1) is 29.1 Å². The zero-order valence-corrected chi connectivity index (χ0v) is 19.2. The number of piperazine rings is 1. The third-order valence-corrected chi connectivity index (χ3v) is 6.44. The van der Waals surface area contributed by atoms with Gasteiger partial charge in [-0.15, -0.1) is 0 Å². The molecule has 0 spiro atoms. The van der Waals surface area contributed by atoms with Crippen molar-refractivity contribution in [2.45, 2.75) is 6.04 Å². The second-order valence-corrected chi connectivity index (χ2v) is 8.38. The fourth-order valence-electron chi connectivity index (χ4n) is 4.43. The molecule has 1 saturated heterocycles. The molecule has 1 atom stereocenters. The first-order valence-electron chi connectivity index (χ1n) is 10.7. The van der Waals surface area contributed by atoms with Crippen LogP contribution >= 0.6 is 11.6 Å². The lowest BCUT2D eigenvalue weighted by atomic mass is 10.0. The highest BCUT2D eigenvalue weighted by molar-refractivity contribution is 6.36. The van der Waals surface area contributed by atoms with Gasteiger partial charge in [0.15, 0.2) is 5.75 Å². The minimum Gasteiger partial charge on any atom is -0.489 e. The predicted octanol–water partition coefficient (Wildman–Crippen LogP) is 3.72. The summed E-state index contributed by atoms with van der Waals surface area (Å²) < 4.78 is 10.9. The average Bonchev–Trinajstić information content (AvgIpc) is 3.03. The number of nitrogens with zero attached hydrogens (tertiary/aromatic N) is 4. The number of amides is 2. The van der Waals surface area contributed by atoms with Crippen molar-refractivity contribution in [2.75, 3.05) is 43.6 Å². The molecule has 1 fully saturated rings. The lowest BCUT2D eigenvalue weighted by Crippen LogP contribution is -2.56. The third kappa shape index (κ3) is 3.77. The Bertz CT molecular complexity index is 1310. The third-order valence-electron chi connectivity index (χ3n) is 6.07. The van der Waals surface area contributed by atoms with Crippen molar-refractivity contribution in [2.24, 2.45) is 0 Å². The highest BCUT2D eigenvalue weighted by Crippen LogP contribution is 2.46. The standard InChI is InChI=1S/C24H22ClN5O4/c1-3-19(31)29-7-8-30-16(11-29)12-34-22-20-18(26-13-27-23(20)30)10-17(21(22)25)14-5-4-6-15(9-14)28-24(32)33-2/h3-6,9-10,13,16H,1,7-8,11-12H2,2H3,(H,28,32)/t16-/m0/s1. The monoisotopic (exact) mass is 479 g/mol. The molecule has 174 valence electrons. The van der Waals surface area contributed by atoms with Crippen LogP contribution in [0.1, 0.15) is 0 Å². The highest BCUT2D eigenvalue weighted by Gasteiger charge is 2.35. The van der Waals surface area contributed by atoms with Crippen LogP contribution in [0, 0.1) is 0 Å². The molecular formula is C24H22ClN5O4. The Morgan fingerprint density at radius 1 is 1.29 bits per heavy atom. The molecule has 34 heavy (non-hydrogen) atoms. The number of ether oxygens (including phenoxy) is 2. The van der Waals surface area contributed by atoms with Crippen molar-refractivity contribution >= 4 is 46.0 Å². The van der Waals surface area contributed by atoms with E-state index in [1.165, 1.54) is 19.5 Å². The molecule has 2 aliphatic rings. The van der Waals surface area contributed by atoms with Crippen molar-refractivity contribution in [3.05, 3.63) is 54.3 Å². The SMILES string of the molecule is C=CC(=O)N1CCN2c3ncnc4cc(-c5cccc(NC(=O)OC)c5)c(Cl)c(c34)OC[C@@H]2C1. The number of halogens is 1. The largest absolute Gasteiger partial charge is 0.489 e. The minimum atomic E-state index is -0.560. The number of hydrogen-bond donors (Lipinski definition) is 1. The number of nitrogens with one attached hydrogen (secondary N) is 1. The van der Waals surface area contributed by atoms with Crippen LogP contribution < -0.4 is 15.0 Å². The van der Waals surface area contributed by atoms with E-state index in [1.807, 2.05) is 18.2 Å². The molecule has 3 heterocycles. The van der Waals surface area contributed by atoms with Gasteiger partial charge in [-0.05, 0) is 29.8 Å². The highest BCUT2D eigenvalue weighted by atomic mass is 35.5. The second-order valence-electron chi connectivity index (χ2n) is 8.00. The van der Waals surface area contributed by atoms with E-state index in [9.17, 15) is 9.59 Å². The van der Waals surface area contributed by atoms with E-state index in [-0.39, 0.29) is 11.9 Å². The van der Waals surface area contributed by atoms with Gasteiger partial charge in [0, 0.05) is 30.9 Å². The van der Waals surface area contributed by atoms with Crippen molar-refractivity contribution in [3.63, 3.8) is 0 Å². The Morgan fingerprint density at radius 2 is 2.15 bits per heavy atom. The van der Waals surface area contributed by atoms with Crippen LogP contribution in [0.5, 0.6) is 5.75 Å². The van der Waals surface area contributed by atoms with Crippen molar-refractivity contribution < 1.29 is 19.1 Å². The number of hydrogen-bond acceptors (Lipinski definition) is 7. The first kappa shape index (κ1) is 22.0. The van der Waals surface area contributed by atoms with E-state index in [4.69, 9.17) is 16.3 Å². The van der Waals surface area contributed by atoms with Gasteiger partial charge in [0.1, 0.15) is 18.8 Å². The number of anilines is 2. The first-order chi connectivity index (χ1) is 16.5. The lowest BCUT2D eigenvalue weighted by molar-refractivity contribution is -0.126. The average molecular weight is 480 g/mol. The van der Waals surface area contributed by atoms with Crippen LogP contribution in [-0.4, -0.2) is 66.3 Å². The molecule has 0 aliphatic carbocycles. The number of carbonyl (C=O) groups excluding carboxylic acids is 2. The molecule has 3 aromatic rings. The van der Waals surface area contributed by atoms with Crippen LogP contribution in [0.15, 0.2) is 49.3 Å². The molecule has 9 nitrogen and oxygen atoms in total. The maximum Gasteiger partial charge on any atom is 0.411 e. The van der Waals surface area contributed by atoms with Crippen LogP contribution in [0.2, 0.25) is 5.02 Å². The number of aromatic nitrogens is 2. The maximum absolute atomic E-state index is 12.2. The summed E-state index contributed by atoms with van der Waals surface area (Å²) in [7, 11) is 1.31. The quantitative estimate of drug-likeness (QED) is 0.572. The van der Waals surface area contributed by atoms with Gasteiger partial charge in [-0.2, -0.15) is 0 Å². The molecule has 2 aromatic carbocycles. The van der Waals surface area contributed by atoms with Gasteiger partial charge >= 0.3 is 6.09 Å². The Morgan fingerprint density at radius 3 is 2.94 bits per heavy atom. The second kappa shape index (κ2) is 8.83. The van der Waals surface area contributed by atoms with Crippen LogP contribution in [0.3, 0.4) is 0 Å². The molecule has 2 amide bonds. The molecule has 1 N–H and O–H groups in total. The molecule has 2 aliphatic heterocycles. The molecule has 1 aromatic heterocycles. The van der Waals surface area contributed by atoms with Gasteiger partial charge in [0.25, 0.3) is 0 Å². The van der Waals surface area contributed by atoms with Crippen molar-refractivity contribution in [3.8, 4) is 16.9 Å². The van der Waals surface area contributed by atoms with E-state index in [0.717, 1.165) is 16.8 Å². The van der Waals surface area contributed by atoms with Crippen molar-refractivity contribution in [1.82, 2.24) is 14.9 Å². The number of rotatable bonds is 3. The van der Waals surface area contributed by atoms with Gasteiger partial charge in [-0.1, -0.05) is 30.3 Å². The molecule has 5 rings (SSSR count). The molecule has 0 saturated carbocycles. The van der Waals surface area contributed by atoms with Crippen LogP contribution in [0.4, 0.5) is 16.3 Å². The molecule has 0 unspecified atom stereocenters. The summed E-state index contributed by atoms with van der Waals surface area (Å²) in [6.45, 7) is 5.60. The fourth-order valence-corrected chi connectivity index (χ4v) is 4.74. The normalized spacial score (nSPS) is 16.8. The zero-order chi connectivity index (χ0) is 23.8. The van der Waals surface area contributed by atoms with E-state index in [0.29, 0.717) is 53.8 Å². The number of carbonyl (C=O) groups is 2. The lowest BCUT2D eigenvalue weighted by Gasteiger charge is -2.40.